The number of fused-ring (bicyclic) bond motifs is 1. The van der Waals surface area contributed by atoms with Gasteiger partial charge in [-0.15, -0.1) is 0 Å². The zero-order valence-electron chi connectivity index (χ0n) is 18.8. The Morgan fingerprint density at radius 3 is 2.45 bits per heavy atom. The van der Waals surface area contributed by atoms with Crippen molar-refractivity contribution in [1.82, 2.24) is 9.55 Å². The average Bonchev–Trinajstić information content (AvgIpc) is 3.20. The van der Waals surface area contributed by atoms with Crippen molar-refractivity contribution in [2.75, 3.05) is 20.8 Å². The van der Waals surface area contributed by atoms with E-state index in [1.54, 1.807) is 14.2 Å². The molecule has 1 aromatic heterocycles. The SMILES string of the molecule is COc1ccc(OC)c(COCC(O)Cn2c(COc3ccccc3)nc3ccccc32)c1. The molecule has 7 heteroatoms. The van der Waals surface area contributed by atoms with Crippen LogP contribution in [0.5, 0.6) is 17.2 Å². The highest BCUT2D eigenvalue weighted by Gasteiger charge is 2.15. The first-order valence-electron chi connectivity index (χ1n) is 10.8. The molecule has 0 radical (unpaired) electrons. The van der Waals surface area contributed by atoms with E-state index in [1.807, 2.05) is 77.4 Å². The third-order valence-corrected chi connectivity index (χ3v) is 5.29. The van der Waals surface area contributed by atoms with E-state index in [-0.39, 0.29) is 6.61 Å². The molecule has 7 nitrogen and oxygen atoms in total. The molecule has 4 aromatic rings. The maximum atomic E-state index is 10.7. The van der Waals surface area contributed by atoms with Crippen LogP contribution in [-0.4, -0.2) is 41.6 Å². The average molecular weight is 449 g/mol. The number of imidazole rings is 1. The molecule has 1 heterocycles. The number of ether oxygens (including phenoxy) is 4. The van der Waals surface area contributed by atoms with E-state index in [0.717, 1.165) is 33.9 Å². The predicted molar refractivity (Wildman–Crippen MR) is 126 cm³/mol. The Bertz CT molecular complexity index is 1180. The van der Waals surface area contributed by atoms with Crippen molar-refractivity contribution in [2.45, 2.75) is 25.9 Å². The van der Waals surface area contributed by atoms with Crippen molar-refractivity contribution >= 4 is 11.0 Å². The monoisotopic (exact) mass is 448 g/mol. The van der Waals surface area contributed by atoms with E-state index in [0.29, 0.717) is 25.5 Å². The summed E-state index contributed by atoms with van der Waals surface area (Å²) in [5.74, 6) is 2.95. The Kier molecular flexibility index (Phi) is 7.44. The normalized spacial score (nSPS) is 12.0. The van der Waals surface area contributed by atoms with Gasteiger partial charge < -0.3 is 28.6 Å². The first-order chi connectivity index (χ1) is 16.2. The summed E-state index contributed by atoms with van der Waals surface area (Å²) >= 11 is 0. The second-order valence-corrected chi connectivity index (χ2v) is 7.58. The minimum Gasteiger partial charge on any atom is -0.497 e. The number of benzene rings is 3. The molecule has 0 bridgehead atoms. The number of aliphatic hydroxyl groups excluding tert-OH is 1. The number of rotatable bonds is 11. The lowest BCUT2D eigenvalue weighted by atomic mass is 10.2. The lowest BCUT2D eigenvalue weighted by Crippen LogP contribution is -2.23. The third kappa shape index (κ3) is 5.63. The van der Waals surface area contributed by atoms with Gasteiger partial charge in [0, 0.05) is 5.56 Å². The Morgan fingerprint density at radius 1 is 0.879 bits per heavy atom. The van der Waals surface area contributed by atoms with Gasteiger partial charge in [-0.1, -0.05) is 30.3 Å². The van der Waals surface area contributed by atoms with Gasteiger partial charge in [-0.25, -0.2) is 4.98 Å². The second-order valence-electron chi connectivity index (χ2n) is 7.58. The molecule has 0 fully saturated rings. The van der Waals surface area contributed by atoms with E-state index in [4.69, 9.17) is 23.9 Å². The van der Waals surface area contributed by atoms with E-state index in [1.165, 1.54) is 0 Å². The number of hydrogen-bond donors (Lipinski definition) is 1. The second kappa shape index (κ2) is 10.8. The molecule has 0 aliphatic heterocycles. The van der Waals surface area contributed by atoms with Gasteiger partial charge in [0.05, 0.1) is 51.1 Å². The Balaban J connectivity index is 1.42. The third-order valence-electron chi connectivity index (χ3n) is 5.29. The summed E-state index contributed by atoms with van der Waals surface area (Å²) in [6.45, 7) is 1.09. The predicted octanol–water partition coefficient (Wildman–Crippen LogP) is 4.21. The van der Waals surface area contributed by atoms with E-state index >= 15 is 0 Å². The molecule has 0 aliphatic rings. The van der Waals surface area contributed by atoms with Crippen LogP contribution in [0.15, 0.2) is 72.8 Å². The number of methoxy groups -OCH3 is 2. The van der Waals surface area contributed by atoms with Crippen molar-refractivity contribution in [3.63, 3.8) is 0 Å². The van der Waals surface area contributed by atoms with E-state index in [2.05, 4.69) is 0 Å². The van der Waals surface area contributed by atoms with Crippen LogP contribution in [0.1, 0.15) is 11.4 Å². The highest BCUT2D eigenvalue weighted by atomic mass is 16.5. The molecule has 1 N–H and O–H groups in total. The number of para-hydroxylation sites is 3. The summed E-state index contributed by atoms with van der Waals surface area (Å²) < 4.78 is 24.4. The fourth-order valence-electron chi connectivity index (χ4n) is 3.67. The van der Waals surface area contributed by atoms with Crippen LogP contribution >= 0.6 is 0 Å². The van der Waals surface area contributed by atoms with Crippen molar-refractivity contribution in [1.29, 1.82) is 0 Å². The van der Waals surface area contributed by atoms with Crippen molar-refractivity contribution < 1.29 is 24.1 Å². The van der Waals surface area contributed by atoms with Crippen LogP contribution < -0.4 is 14.2 Å². The Hall–Kier alpha value is -3.55. The van der Waals surface area contributed by atoms with Crippen LogP contribution in [-0.2, 0) is 24.5 Å². The highest BCUT2D eigenvalue weighted by molar-refractivity contribution is 5.75. The summed E-state index contributed by atoms with van der Waals surface area (Å²) in [7, 11) is 3.23. The van der Waals surface area contributed by atoms with Gasteiger partial charge in [0.1, 0.15) is 29.7 Å². The quantitative estimate of drug-likeness (QED) is 0.371. The topological polar surface area (TPSA) is 75.0 Å². The molecular weight excluding hydrogens is 420 g/mol. The molecule has 0 saturated heterocycles. The summed E-state index contributed by atoms with van der Waals surface area (Å²) in [5, 5.41) is 10.7. The molecule has 0 amide bonds. The van der Waals surface area contributed by atoms with Crippen LogP contribution in [0, 0.1) is 0 Å². The minimum atomic E-state index is -0.727. The van der Waals surface area contributed by atoms with Crippen LogP contribution in [0.2, 0.25) is 0 Å². The fourth-order valence-corrected chi connectivity index (χ4v) is 3.67. The highest BCUT2D eigenvalue weighted by Crippen LogP contribution is 2.25. The lowest BCUT2D eigenvalue weighted by Gasteiger charge is -2.16. The summed E-state index contributed by atoms with van der Waals surface area (Å²) in [6.07, 6.45) is -0.727. The van der Waals surface area contributed by atoms with Crippen molar-refractivity contribution in [3.8, 4) is 17.2 Å². The van der Waals surface area contributed by atoms with Gasteiger partial charge in [0.15, 0.2) is 0 Å². The fraction of sp³-hybridized carbons (Fsp3) is 0.269. The maximum absolute atomic E-state index is 10.7. The standard InChI is InChI=1S/C26H28N2O5/c1-30-22-12-13-25(31-2)19(14-22)16-32-17-20(29)15-28-24-11-7-6-10-23(24)27-26(28)18-33-21-8-4-3-5-9-21/h3-14,20,29H,15-18H2,1-2H3. The minimum absolute atomic E-state index is 0.159. The van der Waals surface area contributed by atoms with E-state index < -0.39 is 6.10 Å². The molecule has 1 atom stereocenters. The summed E-state index contributed by atoms with van der Waals surface area (Å²) in [5.41, 5.74) is 2.66. The molecule has 1 unspecified atom stereocenters. The summed E-state index contributed by atoms with van der Waals surface area (Å²) in [6, 6.07) is 23.0. The summed E-state index contributed by atoms with van der Waals surface area (Å²) in [4.78, 5) is 4.71. The van der Waals surface area contributed by atoms with Crippen LogP contribution in [0.3, 0.4) is 0 Å². The van der Waals surface area contributed by atoms with Crippen molar-refractivity contribution in [2.24, 2.45) is 0 Å². The molecule has 172 valence electrons. The van der Waals surface area contributed by atoms with Crippen LogP contribution in [0.25, 0.3) is 11.0 Å². The first-order valence-corrected chi connectivity index (χ1v) is 10.8. The molecule has 4 rings (SSSR count). The van der Waals surface area contributed by atoms with Crippen LogP contribution in [0.4, 0.5) is 0 Å². The number of hydrogen-bond acceptors (Lipinski definition) is 6. The Morgan fingerprint density at radius 2 is 1.67 bits per heavy atom. The Labute approximate surface area is 193 Å². The molecule has 33 heavy (non-hydrogen) atoms. The van der Waals surface area contributed by atoms with Gasteiger partial charge in [0.2, 0.25) is 0 Å². The van der Waals surface area contributed by atoms with Gasteiger partial charge in [-0.05, 0) is 42.5 Å². The number of aromatic nitrogens is 2. The first kappa shape index (κ1) is 22.6. The van der Waals surface area contributed by atoms with Gasteiger partial charge in [0.25, 0.3) is 0 Å². The smallest absolute Gasteiger partial charge is 0.148 e. The van der Waals surface area contributed by atoms with Crippen molar-refractivity contribution in [3.05, 3.63) is 84.2 Å². The largest absolute Gasteiger partial charge is 0.497 e. The zero-order chi connectivity index (χ0) is 23.0. The lowest BCUT2D eigenvalue weighted by molar-refractivity contribution is 0.0195. The molecular formula is C26H28N2O5. The molecule has 0 saturated carbocycles. The maximum Gasteiger partial charge on any atom is 0.148 e. The number of aliphatic hydroxyl groups is 1. The molecule has 0 aliphatic carbocycles. The van der Waals surface area contributed by atoms with Gasteiger partial charge in [-0.3, -0.25) is 0 Å². The number of nitrogens with zero attached hydrogens (tertiary/aromatic N) is 2. The molecule has 3 aromatic carbocycles. The molecule has 0 spiro atoms. The van der Waals surface area contributed by atoms with Gasteiger partial charge >= 0.3 is 0 Å². The zero-order valence-corrected chi connectivity index (χ0v) is 18.8. The van der Waals surface area contributed by atoms with Gasteiger partial charge in [-0.2, -0.15) is 0 Å². The van der Waals surface area contributed by atoms with E-state index in [9.17, 15) is 5.11 Å².